The lowest BCUT2D eigenvalue weighted by molar-refractivity contribution is -0.151. The Hall–Kier alpha value is -3.47. The highest BCUT2D eigenvalue weighted by Gasteiger charge is 2.30. The van der Waals surface area contributed by atoms with Crippen molar-refractivity contribution in [3.8, 4) is 22.5 Å². The topological polar surface area (TPSA) is 81.4 Å². The van der Waals surface area contributed by atoms with Crippen LogP contribution in [0.5, 0.6) is 5.88 Å². The van der Waals surface area contributed by atoms with Gasteiger partial charge in [-0.05, 0) is 29.5 Å². The highest BCUT2D eigenvalue weighted by Crippen LogP contribution is 2.37. The maximum absolute atomic E-state index is 12.8. The molecule has 6 nitrogen and oxygen atoms in total. The zero-order valence-corrected chi connectivity index (χ0v) is 18.2. The monoisotopic (exact) mass is 446 g/mol. The summed E-state index contributed by atoms with van der Waals surface area (Å²) in [7, 11) is 0. The van der Waals surface area contributed by atoms with Crippen molar-refractivity contribution < 1.29 is 19.0 Å². The Balaban J connectivity index is 1.80. The van der Waals surface area contributed by atoms with Crippen LogP contribution in [0.1, 0.15) is 35.1 Å². The first kappa shape index (κ1) is 21.8. The maximum atomic E-state index is 12.8. The molecule has 32 heavy (non-hydrogen) atoms. The quantitative estimate of drug-likeness (QED) is 0.356. The highest BCUT2D eigenvalue weighted by atomic mass is 32.1. The molecule has 162 valence electrons. The van der Waals surface area contributed by atoms with Gasteiger partial charge in [0.05, 0.1) is 17.2 Å². The molecule has 0 bridgehead atoms. The van der Waals surface area contributed by atoms with E-state index in [4.69, 9.17) is 14.2 Å². The van der Waals surface area contributed by atoms with E-state index in [1.165, 1.54) is 6.08 Å². The highest BCUT2D eigenvalue weighted by molar-refractivity contribution is 7.13. The van der Waals surface area contributed by atoms with Crippen molar-refractivity contribution in [2.45, 2.75) is 18.4 Å². The summed E-state index contributed by atoms with van der Waals surface area (Å²) in [4.78, 5) is 18.4. The summed E-state index contributed by atoms with van der Waals surface area (Å²) in [5.41, 5.74) is 2.45. The number of hydrogen-bond acceptors (Lipinski definition) is 7. The van der Waals surface area contributed by atoms with Crippen LogP contribution in [0.15, 0.2) is 66.6 Å². The van der Waals surface area contributed by atoms with E-state index in [0.717, 1.165) is 16.9 Å². The lowest BCUT2D eigenvalue weighted by Crippen LogP contribution is -2.23. The van der Waals surface area contributed by atoms with Gasteiger partial charge in [0.2, 0.25) is 12.0 Å². The number of pyridine rings is 1. The number of esters is 1. The molecule has 1 aliphatic heterocycles. The Morgan fingerprint density at radius 3 is 2.84 bits per heavy atom. The van der Waals surface area contributed by atoms with E-state index in [0.29, 0.717) is 30.0 Å². The van der Waals surface area contributed by atoms with Gasteiger partial charge < -0.3 is 14.2 Å². The third-order valence-corrected chi connectivity index (χ3v) is 6.05. The summed E-state index contributed by atoms with van der Waals surface area (Å²) in [6, 6.07) is 17.1. The molecule has 1 aromatic carbocycles. The first-order valence-electron chi connectivity index (χ1n) is 10.3. The second kappa shape index (κ2) is 10.2. The fourth-order valence-electron chi connectivity index (χ4n) is 3.60. The van der Waals surface area contributed by atoms with Gasteiger partial charge in [0, 0.05) is 18.1 Å². The van der Waals surface area contributed by atoms with Crippen LogP contribution in [0.25, 0.3) is 10.6 Å². The predicted octanol–water partition coefficient (Wildman–Crippen LogP) is 5.03. The van der Waals surface area contributed by atoms with Gasteiger partial charge in [-0.1, -0.05) is 49.1 Å². The van der Waals surface area contributed by atoms with Crippen molar-refractivity contribution in [2.75, 3.05) is 19.8 Å². The average molecular weight is 447 g/mol. The first-order chi connectivity index (χ1) is 15.7. The number of ether oxygens (including phenoxy) is 3. The number of aromatic nitrogens is 1. The minimum Gasteiger partial charge on any atom is -0.458 e. The fourth-order valence-corrected chi connectivity index (χ4v) is 4.29. The van der Waals surface area contributed by atoms with Crippen LogP contribution >= 0.6 is 11.3 Å². The van der Waals surface area contributed by atoms with Crippen molar-refractivity contribution in [3.05, 3.63) is 83.3 Å². The summed E-state index contributed by atoms with van der Waals surface area (Å²) >= 11 is 1.55. The molecule has 2 atom stereocenters. The van der Waals surface area contributed by atoms with E-state index in [2.05, 4.69) is 17.6 Å². The number of thiophene rings is 1. The van der Waals surface area contributed by atoms with Crippen molar-refractivity contribution in [3.63, 3.8) is 0 Å². The molecule has 0 amide bonds. The predicted molar refractivity (Wildman–Crippen MR) is 121 cm³/mol. The number of nitrogens with zero attached hydrogens (tertiary/aromatic N) is 2. The number of rotatable bonds is 8. The average Bonchev–Trinajstić information content (AvgIpc) is 3.55. The lowest BCUT2D eigenvalue weighted by Gasteiger charge is -2.20. The van der Waals surface area contributed by atoms with E-state index in [-0.39, 0.29) is 18.4 Å². The fraction of sp³-hybridized carbons (Fsp3) is 0.240. The molecule has 2 aromatic heterocycles. The molecule has 4 rings (SSSR count). The van der Waals surface area contributed by atoms with Gasteiger partial charge in [0.25, 0.3) is 0 Å². The van der Waals surface area contributed by atoms with Crippen LogP contribution in [-0.4, -0.2) is 30.8 Å². The number of hydrogen-bond donors (Lipinski definition) is 0. The van der Waals surface area contributed by atoms with E-state index in [1.807, 2.05) is 41.8 Å². The second-order valence-electron chi connectivity index (χ2n) is 7.25. The van der Waals surface area contributed by atoms with Gasteiger partial charge in [0.15, 0.2) is 0 Å². The molecule has 7 heteroatoms. The molecule has 0 spiro atoms. The summed E-state index contributed by atoms with van der Waals surface area (Å²) in [5.74, 6) is -0.393. The number of nitriles is 1. The number of carbonyl (C=O) groups is 1. The molecular weight excluding hydrogens is 424 g/mol. The summed E-state index contributed by atoms with van der Waals surface area (Å²) in [6.45, 7) is 4.82. The standard InChI is InChI=1S/C25H22N2O4S/c1-2-11-30-25(28)23(17-7-4-3-5-8-17)31-24-20(15-26)19(18-10-12-29-16-18)14-21(27-24)22-9-6-13-32-22/h2-9,13-14,18,23H,1,10-12,16H2. The van der Waals surface area contributed by atoms with Crippen LogP contribution in [0.2, 0.25) is 0 Å². The van der Waals surface area contributed by atoms with E-state index < -0.39 is 12.1 Å². The van der Waals surface area contributed by atoms with Crippen LogP contribution in [0, 0.1) is 11.3 Å². The van der Waals surface area contributed by atoms with Gasteiger partial charge in [-0.25, -0.2) is 9.78 Å². The van der Waals surface area contributed by atoms with Gasteiger partial charge in [-0.2, -0.15) is 5.26 Å². The molecule has 3 heterocycles. The molecule has 0 aliphatic carbocycles. The van der Waals surface area contributed by atoms with Gasteiger partial charge in [-0.15, -0.1) is 11.3 Å². The minimum atomic E-state index is -1.07. The van der Waals surface area contributed by atoms with E-state index in [1.54, 1.807) is 23.5 Å². The maximum Gasteiger partial charge on any atom is 0.352 e. The third-order valence-electron chi connectivity index (χ3n) is 5.16. The molecular formula is C25H22N2O4S. The molecule has 2 unspecified atom stereocenters. The third kappa shape index (κ3) is 4.72. The smallest absolute Gasteiger partial charge is 0.352 e. The lowest BCUT2D eigenvalue weighted by atomic mass is 9.94. The summed E-state index contributed by atoms with van der Waals surface area (Å²) in [5, 5.41) is 12.0. The van der Waals surface area contributed by atoms with Crippen LogP contribution < -0.4 is 4.74 Å². The summed E-state index contributed by atoms with van der Waals surface area (Å²) in [6.07, 6.45) is 1.24. The molecule has 0 saturated carbocycles. The Bertz CT molecular complexity index is 1120. The first-order valence-corrected chi connectivity index (χ1v) is 11.1. The van der Waals surface area contributed by atoms with Crippen molar-refractivity contribution in [2.24, 2.45) is 0 Å². The van der Waals surface area contributed by atoms with E-state index in [9.17, 15) is 10.1 Å². The Labute approximate surface area is 190 Å². The molecule has 3 aromatic rings. The van der Waals surface area contributed by atoms with Crippen LogP contribution in [0.4, 0.5) is 0 Å². The largest absolute Gasteiger partial charge is 0.458 e. The molecule has 0 N–H and O–H groups in total. The van der Waals surface area contributed by atoms with Crippen molar-refractivity contribution in [1.29, 1.82) is 5.26 Å². The zero-order valence-electron chi connectivity index (χ0n) is 17.4. The van der Waals surface area contributed by atoms with E-state index >= 15 is 0 Å². The molecule has 1 fully saturated rings. The molecule has 1 saturated heterocycles. The van der Waals surface area contributed by atoms with Gasteiger partial charge >= 0.3 is 5.97 Å². The minimum absolute atomic E-state index is 0.0595. The second-order valence-corrected chi connectivity index (χ2v) is 8.20. The van der Waals surface area contributed by atoms with Gasteiger partial charge in [-0.3, -0.25) is 0 Å². The number of benzene rings is 1. The van der Waals surface area contributed by atoms with Crippen LogP contribution in [-0.2, 0) is 14.3 Å². The van der Waals surface area contributed by atoms with Gasteiger partial charge in [0.1, 0.15) is 18.2 Å². The van der Waals surface area contributed by atoms with Crippen molar-refractivity contribution >= 4 is 17.3 Å². The normalized spacial score (nSPS) is 16.2. The molecule has 0 radical (unpaired) electrons. The Morgan fingerprint density at radius 2 is 2.19 bits per heavy atom. The zero-order chi connectivity index (χ0) is 22.3. The van der Waals surface area contributed by atoms with Crippen molar-refractivity contribution in [1.82, 2.24) is 4.98 Å². The number of carbonyl (C=O) groups excluding carboxylic acids is 1. The molecule has 1 aliphatic rings. The summed E-state index contributed by atoms with van der Waals surface area (Å²) < 4.78 is 17.0. The Morgan fingerprint density at radius 1 is 1.34 bits per heavy atom. The SMILES string of the molecule is C=CCOC(=O)C(Oc1nc(-c2cccs2)cc(C2CCOC2)c1C#N)c1ccccc1. The van der Waals surface area contributed by atoms with Crippen LogP contribution in [0.3, 0.4) is 0 Å². The Kier molecular flexibility index (Phi) is 6.95.